The molecule has 0 bridgehead atoms. The summed E-state index contributed by atoms with van der Waals surface area (Å²) in [5.74, 6) is 0.607. The topological polar surface area (TPSA) is 129 Å². The number of nitrogens with one attached hydrogen (secondary N) is 1. The molecule has 2 fully saturated rings. The van der Waals surface area contributed by atoms with Crippen molar-refractivity contribution in [2.75, 3.05) is 57.9 Å². The SMILES string of the molecule is C/N=C/c1cc(-c2ncnc3[nH]c(-c4ccc(N5CCOCC5)c(F)c4)nc23)ccc1OC1CCN(C(=O)CO)CC1. The molecule has 2 aromatic carbocycles. The van der Waals surface area contributed by atoms with Gasteiger partial charge in [-0.2, -0.15) is 0 Å². The minimum Gasteiger partial charge on any atom is -0.490 e. The number of aliphatic imine (C=N–C) groups is 1. The predicted octanol–water partition coefficient (Wildman–Crippen LogP) is 3.07. The van der Waals surface area contributed by atoms with Crippen LogP contribution in [0.15, 0.2) is 47.7 Å². The lowest BCUT2D eigenvalue weighted by atomic mass is 10.0. The molecule has 6 rings (SSSR count). The molecule has 11 nitrogen and oxygen atoms in total. The van der Waals surface area contributed by atoms with Crippen molar-refractivity contribution in [1.29, 1.82) is 0 Å². The Balaban J connectivity index is 1.25. The summed E-state index contributed by atoms with van der Waals surface area (Å²) in [7, 11) is 1.70. The summed E-state index contributed by atoms with van der Waals surface area (Å²) in [6.45, 7) is 3.07. The number of halogens is 1. The molecule has 2 aliphatic rings. The Labute approximate surface area is 242 Å². The molecule has 4 aromatic rings. The molecule has 0 aliphatic carbocycles. The Kier molecular flexibility index (Phi) is 8.06. The number of nitrogens with zero attached hydrogens (tertiary/aromatic N) is 6. The fourth-order valence-corrected chi connectivity index (χ4v) is 5.44. The van der Waals surface area contributed by atoms with Crippen LogP contribution in [0, 0.1) is 5.82 Å². The largest absolute Gasteiger partial charge is 0.490 e. The summed E-state index contributed by atoms with van der Waals surface area (Å²) in [5, 5.41) is 9.12. The van der Waals surface area contributed by atoms with Gasteiger partial charge in [-0.1, -0.05) is 0 Å². The van der Waals surface area contributed by atoms with Gasteiger partial charge in [0.25, 0.3) is 0 Å². The lowest BCUT2D eigenvalue weighted by Crippen LogP contribution is -2.43. The molecule has 0 atom stereocenters. The first kappa shape index (κ1) is 27.7. The highest BCUT2D eigenvalue weighted by molar-refractivity contribution is 5.92. The number of piperidine rings is 1. The quantitative estimate of drug-likeness (QED) is 0.323. The van der Waals surface area contributed by atoms with Crippen LogP contribution in [0.25, 0.3) is 33.8 Å². The number of imidazole rings is 1. The number of aromatic amines is 1. The van der Waals surface area contributed by atoms with Gasteiger partial charge in [0.1, 0.15) is 47.6 Å². The minimum atomic E-state index is -0.476. The number of anilines is 1. The van der Waals surface area contributed by atoms with Gasteiger partial charge >= 0.3 is 0 Å². The van der Waals surface area contributed by atoms with Gasteiger partial charge in [-0.15, -0.1) is 0 Å². The molecule has 2 N–H and O–H groups in total. The van der Waals surface area contributed by atoms with E-state index in [1.165, 1.54) is 12.4 Å². The minimum absolute atomic E-state index is 0.0581. The molecular formula is C30H32FN7O4. The van der Waals surface area contributed by atoms with Crippen molar-refractivity contribution in [2.45, 2.75) is 18.9 Å². The van der Waals surface area contributed by atoms with E-state index in [0.29, 0.717) is 91.9 Å². The van der Waals surface area contributed by atoms with Gasteiger partial charge in [0, 0.05) is 69.0 Å². The zero-order chi connectivity index (χ0) is 29.1. The Hall–Kier alpha value is -4.42. The third kappa shape index (κ3) is 5.68. The van der Waals surface area contributed by atoms with Crippen molar-refractivity contribution in [3.63, 3.8) is 0 Å². The molecule has 0 radical (unpaired) electrons. The van der Waals surface area contributed by atoms with E-state index in [1.807, 2.05) is 29.2 Å². The Morgan fingerprint density at radius 2 is 1.93 bits per heavy atom. The lowest BCUT2D eigenvalue weighted by molar-refractivity contribution is -0.135. The Morgan fingerprint density at radius 1 is 1.14 bits per heavy atom. The van der Waals surface area contributed by atoms with Gasteiger partial charge in [-0.25, -0.2) is 19.3 Å². The summed E-state index contributed by atoms with van der Waals surface area (Å²) in [6.07, 6.45) is 4.49. The molecule has 0 saturated carbocycles. The van der Waals surface area contributed by atoms with E-state index >= 15 is 4.39 Å². The van der Waals surface area contributed by atoms with Crippen LogP contribution >= 0.6 is 0 Å². The number of hydrogen-bond acceptors (Lipinski definition) is 9. The van der Waals surface area contributed by atoms with E-state index in [4.69, 9.17) is 19.6 Å². The summed E-state index contributed by atoms with van der Waals surface area (Å²) >= 11 is 0. The van der Waals surface area contributed by atoms with Gasteiger partial charge in [0.15, 0.2) is 5.65 Å². The van der Waals surface area contributed by atoms with Crippen molar-refractivity contribution in [3.05, 3.63) is 54.1 Å². The monoisotopic (exact) mass is 573 g/mol. The summed E-state index contributed by atoms with van der Waals surface area (Å²) in [5.41, 5.74) is 4.49. The van der Waals surface area contributed by atoms with Crippen LogP contribution in [0.2, 0.25) is 0 Å². The number of carbonyl (C=O) groups is 1. The molecule has 218 valence electrons. The van der Waals surface area contributed by atoms with Gasteiger partial charge in [-0.3, -0.25) is 9.79 Å². The molecule has 2 saturated heterocycles. The average molecular weight is 574 g/mol. The van der Waals surface area contributed by atoms with Crippen LogP contribution in [0.4, 0.5) is 10.1 Å². The second kappa shape index (κ2) is 12.2. The number of aromatic nitrogens is 4. The van der Waals surface area contributed by atoms with E-state index < -0.39 is 6.61 Å². The fourth-order valence-electron chi connectivity index (χ4n) is 5.44. The molecule has 42 heavy (non-hydrogen) atoms. The normalized spacial score (nSPS) is 16.5. The second-order valence-corrected chi connectivity index (χ2v) is 10.3. The van der Waals surface area contributed by atoms with Crippen LogP contribution in [0.1, 0.15) is 18.4 Å². The van der Waals surface area contributed by atoms with Gasteiger partial charge < -0.3 is 29.4 Å². The first-order valence-corrected chi connectivity index (χ1v) is 14.0. The van der Waals surface area contributed by atoms with Crippen molar-refractivity contribution in [2.24, 2.45) is 4.99 Å². The number of benzene rings is 2. The van der Waals surface area contributed by atoms with Gasteiger partial charge in [0.05, 0.1) is 18.9 Å². The van der Waals surface area contributed by atoms with Crippen molar-refractivity contribution >= 4 is 29.0 Å². The summed E-state index contributed by atoms with van der Waals surface area (Å²) < 4.78 is 26.8. The van der Waals surface area contributed by atoms with Crippen molar-refractivity contribution < 1.29 is 23.8 Å². The number of likely N-dealkylation sites (tertiary alicyclic amines) is 1. The molecule has 2 aromatic heterocycles. The summed E-state index contributed by atoms with van der Waals surface area (Å²) in [6, 6.07) is 10.9. The number of rotatable bonds is 7. The molecule has 0 unspecified atom stereocenters. The molecule has 2 aliphatic heterocycles. The number of amides is 1. The average Bonchev–Trinajstić information content (AvgIpc) is 3.47. The van der Waals surface area contributed by atoms with E-state index in [1.54, 1.807) is 24.2 Å². The molecule has 12 heteroatoms. The highest BCUT2D eigenvalue weighted by atomic mass is 19.1. The number of morpholine rings is 1. The lowest BCUT2D eigenvalue weighted by Gasteiger charge is -2.32. The number of aliphatic hydroxyl groups is 1. The van der Waals surface area contributed by atoms with Crippen LogP contribution < -0.4 is 9.64 Å². The van der Waals surface area contributed by atoms with Crippen LogP contribution in [0.3, 0.4) is 0 Å². The number of fused-ring (bicyclic) bond motifs is 1. The van der Waals surface area contributed by atoms with Crippen LogP contribution in [-0.4, -0.2) is 101 Å². The van der Waals surface area contributed by atoms with E-state index in [2.05, 4.69) is 19.9 Å². The third-order valence-corrected chi connectivity index (χ3v) is 7.63. The van der Waals surface area contributed by atoms with Crippen molar-refractivity contribution in [1.82, 2.24) is 24.8 Å². The third-order valence-electron chi connectivity index (χ3n) is 7.63. The highest BCUT2D eigenvalue weighted by Crippen LogP contribution is 2.32. The molecular weight excluding hydrogens is 541 g/mol. The zero-order valence-electron chi connectivity index (χ0n) is 23.3. The predicted molar refractivity (Wildman–Crippen MR) is 156 cm³/mol. The van der Waals surface area contributed by atoms with Gasteiger partial charge in [0.2, 0.25) is 5.91 Å². The Bertz CT molecular complexity index is 1610. The number of aliphatic hydroxyl groups excluding tert-OH is 1. The zero-order valence-corrected chi connectivity index (χ0v) is 23.3. The smallest absolute Gasteiger partial charge is 0.248 e. The first-order chi connectivity index (χ1) is 20.5. The number of ether oxygens (including phenoxy) is 2. The van der Waals surface area contributed by atoms with E-state index in [0.717, 1.165) is 11.1 Å². The molecule has 4 heterocycles. The standard InChI is InChI=1S/C30H32FN7O4/c1-32-16-21-14-19(3-5-25(21)42-22-6-8-38(9-7-22)26(40)17-39)27-28-30(34-18-33-27)36-29(35-28)20-2-4-24(23(31)15-20)37-10-12-41-13-11-37/h2-5,14-16,18,22,39H,6-13,17H2,1H3,(H,33,34,35,36)/b32-16+. The van der Waals surface area contributed by atoms with Crippen LogP contribution in [-0.2, 0) is 9.53 Å². The maximum atomic E-state index is 15.1. The van der Waals surface area contributed by atoms with E-state index in [9.17, 15) is 4.79 Å². The van der Waals surface area contributed by atoms with Crippen LogP contribution in [0.5, 0.6) is 5.75 Å². The number of carbonyl (C=O) groups excluding carboxylic acids is 1. The second-order valence-electron chi connectivity index (χ2n) is 10.3. The van der Waals surface area contributed by atoms with Gasteiger partial charge in [-0.05, 0) is 36.4 Å². The number of hydrogen-bond donors (Lipinski definition) is 2. The number of H-pyrrole nitrogens is 1. The Morgan fingerprint density at radius 3 is 2.67 bits per heavy atom. The molecule has 1 amide bonds. The highest BCUT2D eigenvalue weighted by Gasteiger charge is 2.24. The maximum absolute atomic E-state index is 15.1. The summed E-state index contributed by atoms with van der Waals surface area (Å²) in [4.78, 5) is 36.5. The fraction of sp³-hybridized carbons (Fsp3) is 0.367. The maximum Gasteiger partial charge on any atom is 0.248 e. The van der Waals surface area contributed by atoms with E-state index in [-0.39, 0.29) is 17.8 Å². The molecule has 0 spiro atoms. The first-order valence-electron chi connectivity index (χ1n) is 14.0. The van der Waals surface area contributed by atoms with Crippen molar-refractivity contribution in [3.8, 4) is 28.4 Å².